The molecule has 0 aliphatic heterocycles. The average Bonchev–Trinajstić information content (AvgIpc) is 2.33. The highest BCUT2D eigenvalue weighted by Crippen LogP contribution is 2.12. The molecule has 2 aromatic rings. The Morgan fingerprint density at radius 1 is 1.18 bits per heavy atom. The molecule has 5 heteroatoms. The van der Waals surface area contributed by atoms with Gasteiger partial charge in [0.05, 0.1) is 12.3 Å². The van der Waals surface area contributed by atoms with Crippen LogP contribution in [-0.4, -0.2) is 15.1 Å². The van der Waals surface area contributed by atoms with Gasteiger partial charge in [-0.25, -0.2) is 18.7 Å². The van der Waals surface area contributed by atoms with Gasteiger partial charge in [-0.3, -0.25) is 0 Å². The van der Waals surface area contributed by atoms with Crippen LogP contribution >= 0.6 is 0 Å². The molecule has 0 spiro atoms. The topological polar surface area (TPSA) is 46.0 Å². The van der Waals surface area contributed by atoms with Gasteiger partial charge in [0.1, 0.15) is 17.5 Å². The number of halogens is 2. The minimum Gasteiger partial charge on any atom is -0.390 e. The molecule has 0 saturated carbocycles. The summed E-state index contributed by atoms with van der Waals surface area (Å²) in [7, 11) is 0. The van der Waals surface area contributed by atoms with Crippen molar-refractivity contribution in [3.63, 3.8) is 0 Å². The number of rotatable bonds is 3. The molecule has 1 aromatic carbocycles. The summed E-state index contributed by atoms with van der Waals surface area (Å²) >= 11 is 0. The van der Waals surface area contributed by atoms with E-state index in [4.69, 9.17) is 5.11 Å². The Morgan fingerprint density at radius 2 is 2.00 bits per heavy atom. The van der Waals surface area contributed by atoms with E-state index in [1.165, 1.54) is 18.3 Å². The second-order valence-electron chi connectivity index (χ2n) is 3.53. The second kappa shape index (κ2) is 4.97. The molecule has 0 radical (unpaired) electrons. The molecule has 88 valence electrons. The van der Waals surface area contributed by atoms with E-state index in [-0.39, 0.29) is 13.0 Å². The maximum Gasteiger partial charge on any atom is 0.133 e. The summed E-state index contributed by atoms with van der Waals surface area (Å²) in [6.45, 7) is -0.193. The summed E-state index contributed by atoms with van der Waals surface area (Å²) < 4.78 is 26.1. The monoisotopic (exact) mass is 236 g/mol. The van der Waals surface area contributed by atoms with Crippen molar-refractivity contribution in [2.75, 3.05) is 0 Å². The van der Waals surface area contributed by atoms with Gasteiger partial charge in [-0.15, -0.1) is 0 Å². The fraction of sp³-hybridized carbons (Fsp3) is 0.167. The zero-order chi connectivity index (χ0) is 12.3. The standard InChI is InChI=1S/C12H10F2N2O/c13-9-2-1-8(11(14)6-9)5-12-15-4-3-10(7-17)16-12/h1-4,6,17H,5,7H2. The predicted octanol–water partition coefficient (Wildman–Crippen LogP) is 1.84. The SMILES string of the molecule is OCc1ccnc(Cc2ccc(F)cc2F)n1. The molecular weight excluding hydrogens is 226 g/mol. The van der Waals surface area contributed by atoms with Gasteiger partial charge in [-0.1, -0.05) is 6.07 Å². The first-order valence-corrected chi connectivity index (χ1v) is 5.04. The van der Waals surface area contributed by atoms with Gasteiger partial charge in [0.15, 0.2) is 0 Å². The Bertz CT molecular complexity index is 532. The summed E-state index contributed by atoms with van der Waals surface area (Å²) in [6.07, 6.45) is 1.66. The fourth-order valence-electron chi connectivity index (χ4n) is 1.45. The van der Waals surface area contributed by atoms with Crippen LogP contribution < -0.4 is 0 Å². The van der Waals surface area contributed by atoms with Gasteiger partial charge < -0.3 is 5.11 Å². The van der Waals surface area contributed by atoms with Crippen molar-refractivity contribution >= 4 is 0 Å². The maximum absolute atomic E-state index is 13.4. The lowest BCUT2D eigenvalue weighted by Crippen LogP contribution is -2.01. The molecule has 2 rings (SSSR count). The highest BCUT2D eigenvalue weighted by atomic mass is 19.1. The van der Waals surface area contributed by atoms with Gasteiger partial charge in [0.2, 0.25) is 0 Å². The predicted molar refractivity (Wildman–Crippen MR) is 57.1 cm³/mol. The van der Waals surface area contributed by atoms with Crippen molar-refractivity contribution in [2.24, 2.45) is 0 Å². The Labute approximate surface area is 96.8 Å². The van der Waals surface area contributed by atoms with Crippen molar-refractivity contribution in [1.29, 1.82) is 0 Å². The van der Waals surface area contributed by atoms with Crippen LogP contribution in [0.25, 0.3) is 0 Å². The molecule has 0 fully saturated rings. The summed E-state index contributed by atoms with van der Waals surface area (Å²) in [5.74, 6) is -0.846. The van der Waals surface area contributed by atoms with Crippen LogP contribution in [0.1, 0.15) is 17.1 Å². The van der Waals surface area contributed by atoms with Crippen LogP contribution in [0.15, 0.2) is 30.5 Å². The van der Waals surface area contributed by atoms with E-state index in [0.717, 1.165) is 6.07 Å². The largest absolute Gasteiger partial charge is 0.390 e. The first kappa shape index (κ1) is 11.6. The molecule has 3 nitrogen and oxygen atoms in total. The lowest BCUT2D eigenvalue weighted by molar-refractivity contribution is 0.276. The zero-order valence-electron chi connectivity index (χ0n) is 8.90. The van der Waals surface area contributed by atoms with E-state index >= 15 is 0 Å². The van der Waals surface area contributed by atoms with Crippen LogP contribution in [0, 0.1) is 11.6 Å². The van der Waals surface area contributed by atoms with Gasteiger partial charge in [0, 0.05) is 18.7 Å². The van der Waals surface area contributed by atoms with Crippen molar-refractivity contribution in [3.05, 3.63) is 59.2 Å². The normalized spacial score (nSPS) is 10.5. The zero-order valence-corrected chi connectivity index (χ0v) is 8.90. The van der Waals surface area contributed by atoms with Crippen LogP contribution in [0.5, 0.6) is 0 Å². The molecule has 0 amide bonds. The molecule has 0 aliphatic carbocycles. The van der Waals surface area contributed by atoms with E-state index in [0.29, 0.717) is 17.1 Å². The fourth-order valence-corrected chi connectivity index (χ4v) is 1.45. The van der Waals surface area contributed by atoms with Crippen LogP contribution in [0.4, 0.5) is 8.78 Å². The van der Waals surface area contributed by atoms with E-state index in [1.54, 1.807) is 6.07 Å². The smallest absolute Gasteiger partial charge is 0.133 e. The summed E-state index contributed by atoms with van der Waals surface area (Å²) in [4.78, 5) is 7.99. The number of benzene rings is 1. The van der Waals surface area contributed by atoms with Crippen molar-refractivity contribution in [3.8, 4) is 0 Å². The van der Waals surface area contributed by atoms with Gasteiger partial charge in [-0.2, -0.15) is 0 Å². The van der Waals surface area contributed by atoms with Crippen molar-refractivity contribution < 1.29 is 13.9 Å². The Morgan fingerprint density at radius 3 is 2.71 bits per heavy atom. The molecule has 1 heterocycles. The third-order valence-electron chi connectivity index (χ3n) is 2.29. The summed E-state index contributed by atoms with van der Waals surface area (Å²) in [6, 6.07) is 4.95. The second-order valence-corrected chi connectivity index (χ2v) is 3.53. The van der Waals surface area contributed by atoms with Gasteiger partial charge in [-0.05, 0) is 17.7 Å². The van der Waals surface area contributed by atoms with Crippen molar-refractivity contribution in [2.45, 2.75) is 13.0 Å². The Hall–Kier alpha value is -1.88. The molecule has 0 atom stereocenters. The highest BCUT2D eigenvalue weighted by molar-refractivity contribution is 5.22. The number of nitrogens with zero attached hydrogens (tertiary/aromatic N) is 2. The first-order valence-electron chi connectivity index (χ1n) is 5.04. The first-order chi connectivity index (χ1) is 8.19. The van der Waals surface area contributed by atoms with Gasteiger partial charge in [0.25, 0.3) is 0 Å². The van der Waals surface area contributed by atoms with E-state index < -0.39 is 11.6 Å². The van der Waals surface area contributed by atoms with Crippen LogP contribution in [-0.2, 0) is 13.0 Å². The lowest BCUT2D eigenvalue weighted by Gasteiger charge is -2.03. The number of hydrogen-bond acceptors (Lipinski definition) is 3. The van der Waals surface area contributed by atoms with Crippen molar-refractivity contribution in [1.82, 2.24) is 9.97 Å². The Balaban J connectivity index is 2.25. The summed E-state index contributed by atoms with van der Waals surface area (Å²) in [5, 5.41) is 8.91. The third-order valence-corrected chi connectivity index (χ3v) is 2.29. The minimum absolute atomic E-state index is 0.167. The molecule has 0 aliphatic rings. The lowest BCUT2D eigenvalue weighted by atomic mass is 10.1. The van der Waals surface area contributed by atoms with E-state index in [2.05, 4.69) is 9.97 Å². The molecule has 1 N–H and O–H groups in total. The number of aliphatic hydroxyl groups is 1. The highest BCUT2D eigenvalue weighted by Gasteiger charge is 2.07. The van der Waals surface area contributed by atoms with Crippen LogP contribution in [0.3, 0.4) is 0 Å². The molecule has 1 aromatic heterocycles. The maximum atomic E-state index is 13.4. The number of hydrogen-bond donors (Lipinski definition) is 1. The number of aromatic nitrogens is 2. The summed E-state index contributed by atoms with van der Waals surface area (Å²) in [5.41, 5.74) is 0.791. The molecule has 0 unspecified atom stereocenters. The average molecular weight is 236 g/mol. The minimum atomic E-state index is -0.622. The number of aliphatic hydroxyl groups excluding tert-OH is 1. The molecule has 17 heavy (non-hydrogen) atoms. The van der Waals surface area contributed by atoms with Gasteiger partial charge >= 0.3 is 0 Å². The Kier molecular flexibility index (Phi) is 3.39. The molecule has 0 bridgehead atoms. The molecule has 0 saturated heterocycles. The quantitative estimate of drug-likeness (QED) is 0.884. The molecular formula is C12H10F2N2O. The van der Waals surface area contributed by atoms with E-state index in [9.17, 15) is 8.78 Å². The van der Waals surface area contributed by atoms with Crippen LogP contribution in [0.2, 0.25) is 0 Å². The van der Waals surface area contributed by atoms with E-state index in [1.807, 2.05) is 0 Å². The third kappa shape index (κ3) is 2.82.